The van der Waals surface area contributed by atoms with Gasteiger partial charge in [-0.05, 0) is 54.8 Å². The molecule has 1 N–H and O–H groups in total. The number of hydrogen-bond donors (Lipinski definition) is 1. The summed E-state index contributed by atoms with van der Waals surface area (Å²) in [7, 11) is 0. The van der Waals surface area contributed by atoms with Crippen molar-refractivity contribution in [2.75, 3.05) is 0 Å². The Bertz CT molecular complexity index is 818. The molecule has 2 aromatic carbocycles. The molecule has 2 aromatic rings. The van der Waals surface area contributed by atoms with Crippen molar-refractivity contribution in [3.8, 4) is 0 Å². The first-order chi connectivity index (χ1) is 12.3. The SMILES string of the molecule is Cc1ccc(/C=C/C(=O)O[C@@H](C)C(=O)NCc2ccc(F)cc2)cc1Cl. The van der Waals surface area contributed by atoms with E-state index in [0.29, 0.717) is 5.02 Å². The zero-order valence-corrected chi connectivity index (χ0v) is 15.2. The van der Waals surface area contributed by atoms with E-state index in [1.54, 1.807) is 24.3 Å². The standard InChI is InChI=1S/C20H19ClFNO3/c1-13-3-4-15(11-18(13)21)7-10-19(24)26-14(2)20(25)23-12-16-5-8-17(22)9-6-16/h3-11,14H,12H2,1-2H3,(H,23,25)/b10-7+/t14-/m0/s1. The number of carbonyl (C=O) groups is 2. The number of ether oxygens (including phenoxy) is 1. The van der Waals surface area contributed by atoms with Gasteiger partial charge in [-0.1, -0.05) is 35.9 Å². The number of benzene rings is 2. The van der Waals surface area contributed by atoms with E-state index in [9.17, 15) is 14.0 Å². The van der Waals surface area contributed by atoms with E-state index in [0.717, 1.165) is 16.7 Å². The first-order valence-electron chi connectivity index (χ1n) is 8.02. The Morgan fingerprint density at radius 2 is 1.92 bits per heavy atom. The van der Waals surface area contributed by atoms with Crippen molar-refractivity contribution in [3.63, 3.8) is 0 Å². The number of halogens is 2. The molecule has 0 aliphatic heterocycles. The molecule has 1 amide bonds. The van der Waals surface area contributed by atoms with Crippen molar-refractivity contribution >= 4 is 29.6 Å². The molecule has 0 saturated heterocycles. The maximum Gasteiger partial charge on any atom is 0.331 e. The molecular weight excluding hydrogens is 357 g/mol. The lowest BCUT2D eigenvalue weighted by atomic mass is 10.1. The molecule has 0 saturated carbocycles. The minimum absolute atomic E-state index is 0.221. The second kappa shape index (κ2) is 9.15. The number of amides is 1. The van der Waals surface area contributed by atoms with Crippen molar-refractivity contribution in [2.45, 2.75) is 26.5 Å². The van der Waals surface area contributed by atoms with Gasteiger partial charge in [-0.2, -0.15) is 0 Å². The highest BCUT2D eigenvalue weighted by molar-refractivity contribution is 6.31. The van der Waals surface area contributed by atoms with Crippen LogP contribution in [-0.2, 0) is 20.9 Å². The third kappa shape index (κ3) is 6.01. The van der Waals surface area contributed by atoms with Crippen LogP contribution in [0.15, 0.2) is 48.5 Å². The highest BCUT2D eigenvalue weighted by Gasteiger charge is 2.16. The Morgan fingerprint density at radius 1 is 1.23 bits per heavy atom. The normalized spacial score (nSPS) is 12.0. The van der Waals surface area contributed by atoms with Crippen LogP contribution >= 0.6 is 11.6 Å². The molecular formula is C20H19ClFNO3. The minimum atomic E-state index is -0.950. The lowest BCUT2D eigenvalue weighted by Crippen LogP contribution is -2.35. The van der Waals surface area contributed by atoms with Crippen LogP contribution in [0.25, 0.3) is 6.08 Å². The smallest absolute Gasteiger partial charge is 0.331 e. The molecule has 2 rings (SSSR count). The van der Waals surface area contributed by atoms with Crippen LogP contribution in [0.5, 0.6) is 0 Å². The summed E-state index contributed by atoms with van der Waals surface area (Å²) in [4.78, 5) is 23.8. The van der Waals surface area contributed by atoms with Gasteiger partial charge in [0.05, 0.1) is 0 Å². The third-order valence-corrected chi connectivity index (χ3v) is 4.06. The summed E-state index contributed by atoms with van der Waals surface area (Å²) in [6, 6.07) is 11.2. The van der Waals surface area contributed by atoms with E-state index >= 15 is 0 Å². The molecule has 0 heterocycles. The van der Waals surface area contributed by atoms with E-state index in [-0.39, 0.29) is 12.4 Å². The second-order valence-electron chi connectivity index (χ2n) is 5.77. The summed E-state index contributed by atoms with van der Waals surface area (Å²) < 4.78 is 17.9. The number of nitrogens with one attached hydrogen (secondary N) is 1. The summed E-state index contributed by atoms with van der Waals surface area (Å²) in [6.07, 6.45) is 1.86. The Labute approximate surface area is 156 Å². The van der Waals surface area contributed by atoms with Gasteiger partial charge in [-0.25, -0.2) is 9.18 Å². The highest BCUT2D eigenvalue weighted by atomic mass is 35.5. The predicted octanol–water partition coefficient (Wildman–Crippen LogP) is 4.05. The Kier molecular flexibility index (Phi) is 6.92. The maximum atomic E-state index is 12.8. The quantitative estimate of drug-likeness (QED) is 0.612. The van der Waals surface area contributed by atoms with Crippen LogP contribution in [0, 0.1) is 12.7 Å². The number of rotatable bonds is 6. The molecule has 0 aromatic heterocycles. The van der Waals surface area contributed by atoms with Crippen LogP contribution in [0.3, 0.4) is 0 Å². The summed E-state index contributed by atoms with van der Waals surface area (Å²) >= 11 is 6.03. The first-order valence-corrected chi connectivity index (χ1v) is 8.40. The lowest BCUT2D eigenvalue weighted by Gasteiger charge is -2.12. The van der Waals surface area contributed by atoms with Gasteiger partial charge in [0.25, 0.3) is 5.91 Å². The van der Waals surface area contributed by atoms with Gasteiger partial charge in [-0.15, -0.1) is 0 Å². The molecule has 136 valence electrons. The Hall–Kier alpha value is -2.66. The van der Waals surface area contributed by atoms with Crippen LogP contribution in [0.2, 0.25) is 5.02 Å². The molecule has 26 heavy (non-hydrogen) atoms. The van der Waals surface area contributed by atoms with Gasteiger partial charge in [0.15, 0.2) is 6.10 Å². The molecule has 0 fully saturated rings. The van der Waals surface area contributed by atoms with Crippen molar-refractivity contribution in [1.82, 2.24) is 5.32 Å². The lowest BCUT2D eigenvalue weighted by molar-refractivity contribution is -0.150. The van der Waals surface area contributed by atoms with E-state index in [2.05, 4.69) is 5.32 Å². The molecule has 0 unspecified atom stereocenters. The van der Waals surface area contributed by atoms with Crippen LogP contribution in [-0.4, -0.2) is 18.0 Å². The average molecular weight is 376 g/mol. The van der Waals surface area contributed by atoms with Gasteiger partial charge < -0.3 is 10.1 Å². The van der Waals surface area contributed by atoms with Gasteiger partial charge >= 0.3 is 5.97 Å². The Morgan fingerprint density at radius 3 is 2.58 bits per heavy atom. The predicted molar refractivity (Wildman–Crippen MR) is 99.0 cm³/mol. The maximum absolute atomic E-state index is 12.8. The van der Waals surface area contributed by atoms with E-state index < -0.39 is 18.0 Å². The van der Waals surface area contributed by atoms with Crippen LogP contribution < -0.4 is 5.32 Å². The van der Waals surface area contributed by atoms with Gasteiger partial charge in [0, 0.05) is 17.6 Å². The summed E-state index contributed by atoms with van der Waals surface area (Å²) in [6.45, 7) is 3.59. The minimum Gasteiger partial charge on any atom is -0.449 e. The number of hydrogen-bond acceptors (Lipinski definition) is 3. The number of carbonyl (C=O) groups excluding carboxylic acids is 2. The van der Waals surface area contributed by atoms with Gasteiger partial charge in [-0.3, -0.25) is 4.79 Å². The third-order valence-electron chi connectivity index (χ3n) is 3.65. The monoisotopic (exact) mass is 375 g/mol. The van der Waals surface area contributed by atoms with E-state index in [1.165, 1.54) is 25.1 Å². The largest absolute Gasteiger partial charge is 0.449 e. The zero-order chi connectivity index (χ0) is 19.1. The summed E-state index contributed by atoms with van der Waals surface area (Å²) in [5.41, 5.74) is 2.44. The van der Waals surface area contributed by atoms with Crippen molar-refractivity contribution in [1.29, 1.82) is 0 Å². The fraction of sp³-hybridized carbons (Fsp3) is 0.200. The molecule has 0 spiro atoms. The molecule has 6 heteroatoms. The summed E-state index contributed by atoms with van der Waals surface area (Å²) in [5, 5.41) is 3.24. The molecule has 4 nitrogen and oxygen atoms in total. The summed E-state index contributed by atoms with van der Waals surface area (Å²) in [5.74, 6) is -1.41. The molecule has 0 aliphatic rings. The van der Waals surface area contributed by atoms with Crippen LogP contribution in [0.4, 0.5) is 4.39 Å². The zero-order valence-electron chi connectivity index (χ0n) is 14.5. The van der Waals surface area contributed by atoms with Crippen molar-refractivity contribution in [3.05, 3.63) is 76.1 Å². The van der Waals surface area contributed by atoms with Crippen LogP contribution in [0.1, 0.15) is 23.6 Å². The van der Waals surface area contributed by atoms with Gasteiger partial charge in [0.2, 0.25) is 0 Å². The molecule has 0 bridgehead atoms. The van der Waals surface area contributed by atoms with E-state index in [4.69, 9.17) is 16.3 Å². The molecule has 0 aliphatic carbocycles. The van der Waals surface area contributed by atoms with Crippen molar-refractivity contribution < 1.29 is 18.7 Å². The fourth-order valence-corrected chi connectivity index (χ4v) is 2.27. The average Bonchev–Trinajstić information content (AvgIpc) is 2.62. The molecule has 0 radical (unpaired) electrons. The number of esters is 1. The first kappa shape index (κ1) is 19.7. The van der Waals surface area contributed by atoms with Gasteiger partial charge in [0.1, 0.15) is 5.82 Å². The van der Waals surface area contributed by atoms with Crippen molar-refractivity contribution in [2.24, 2.45) is 0 Å². The Balaban J connectivity index is 1.83. The highest BCUT2D eigenvalue weighted by Crippen LogP contribution is 2.17. The molecule has 1 atom stereocenters. The fourth-order valence-electron chi connectivity index (χ4n) is 2.08. The topological polar surface area (TPSA) is 55.4 Å². The second-order valence-corrected chi connectivity index (χ2v) is 6.17. The number of aryl methyl sites for hydroxylation is 1. The van der Waals surface area contributed by atoms with E-state index in [1.807, 2.05) is 19.1 Å².